The summed E-state index contributed by atoms with van der Waals surface area (Å²) < 4.78 is 31.4. The van der Waals surface area contributed by atoms with Crippen LogP contribution < -0.4 is 16.0 Å². The SMILES string of the molecule is C[C@H]1CN(c2ccncc2Nc2ncc3ccc(-c4c(F)cc(C5CC5)cc4F)nn23)C[C@@H](N)[C@@H]1O. The molecule has 1 aliphatic heterocycles. The molecular weight excluding hydrogens is 464 g/mol. The van der Waals surface area contributed by atoms with Crippen molar-refractivity contribution < 1.29 is 13.9 Å². The number of fused-ring (bicyclic) bond motifs is 1. The van der Waals surface area contributed by atoms with Gasteiger partial charge in [0, 0.05) is 31.2 Å². The molecule has 10 heteroatoms. The average Bonchev–Trinajstić information content (AvgIpc) is 3.64. The van der Waals surface area contributed by atoms with E-state index in [0.29, 0.717) is 35.8 Å². The fraction of sp³-hybridized carbons (Fsp3) is 0.346. The number of benzene rings is 1. The molecule has 1 aromatic carbocycles. The summed E-state index contributed by atoms with van der Waals surface area (Å²) in [6.45, 7) is 3.09. The molecular formula is C26H27F2N7O. The van der Waals surface area contributed by atoms with Crippen molar-refractivity contribution in [3.63, 3.8) is 0 Å². The predicted molar refractivity (Wildman–Crippen MR) is 133 cm³/mol. The predicted octanol–water partition coefficient (Wildman–Crippen LogP) is 3.83. The van der Waals surface area contributed by atoms with E-state index in [-0.39, 0.29) is 29.1 Å². The molecule has 3 aromatic heterocycles. The van der Waals surface area contributed by atoms with E-state index in [0.717, 1.165) is 18.5 Å². The van der Waals surface area contributed by atoms with Gasteiger partial charge in [0.1, 0.15) is 11.6 Å². The second-order valence-electron chi connectivity index (χ2n) is 9.83. The molecule has 4 aromatic rings. The number of imidazole rings is 1. The van der Waals surface area contributed by atoms with E-state index >= 15 is 0 Å². The summed E-state index contributed by atoms with van der Waals surface area (Å²) in [5.74, 6) is -0.609. The van der Waals surface area contributed by atoms with E-state index in [4.69, 9.17) is 5.73 Å². The number of hydrogen-bond acceptors (Lipinski definition) is 7. The van der Waals surface area contributed by atoms with Crippen LogP contribution >= 0.6 is 0 Å². The Morgan fingerprint density at radius 1 is 1.08 bits per heavy atom. The van der Waals surface area contributed by atoms with Crippen molar-refractivity contribution in [1.82, 2.24) is 19.6 Å². The quantitative estimate of drug-likeness (QED) is 0.390. The highest BCUT2D eigenvalue weighted by Crippen LogP contribution is 2.42. The largest absolute Gasteiger partial charge is 0.391 e. The smallest absolute Gasteiger partial charge is 0.229 e. The number of halogens is 2. The molecule has 0 amide bonds. The van der Waals surface area contributed by atoms with E-state index in [1.54, 1.807) is 30.7 Å². The number of rotatable bonds is 5. The maximum atomic E-state index is 14.9. The van der Waals surface area contributed by atoms with Crippen LogP contribution in [0.4, 0.5) is 26.1 Å². The van der Waals surface area contributed by atoms with E-state index < -0.39 is 17.7 Å². The number of nitrogens with zero attached hydrogens (tertiary/aromatic N) is 5. The van der Waals surface area contributed by atoms with Crippen LogP contribution in [0.2, 0.25) is 0 Å². The van der Waals surface area contributed by atoms with Gasteiger partial charge in [-0.15, -0.1) is 0 Å². The minimum Gasteiger partial charge on any atom is -0.391 e. The zero-order valence-corrected chi connectivity index (χ0v) is 19.8. The third-order valence-corrected chi connectivity index (χ3v) is 7.10. The standard InChI is InChI=1S/C26H27F2N7O/c1-14-12-34(13-20(29)25(14)36)23-6-7-30-11-22(23)32-26-31-10-17-4-5-21(33-35(17)26)24-18(27)8-16(9-19(24)28)15-2-3-15/h4-11,14-15,20,25,36H,2-3,12-13,29H2,1H3,(H,31,32)/t14-,20+,25+/m0/s1. The molecule has 186 valence electrons. The summed E-state index contributed by atoms with van der Waals surface area (Å²) in [5, 5.41) is 18.0. The molecule has 0 bridgehead atoms. The molecule has 0 radical (unpaired) electrons. The first-order valence-electron chi connectivity index (χ1n) is 12.1. The van der Waals surface area contributed by atoms with Crippen molar-refractivity contribution in [3.8, 4) is 11.3 Å². The second kappa shape index (κ2) is 8.79. The van der Waals surface area contributed by atoms with Gasteiger partial charge in [-0.05, 0) is 54.7 Å². The third-order valence-electron chi connectivity index (χ3n) is 7.10. The number of nitrogens with two attached hydrogens (primary N) is 1. The Kier molecular flexibility index (Phi) is 5.57. The number of hydrogen-bond donors (Lipinski definition) is 3. The molecule has 0 spiro atoms. The normalized spacial score (nSPS) is 22.2. The molecule has 8 nitrogen and oxygen atoms in total. The van der Waals surface area contributed by atoms with Gasteiger partial charge in [0.2, 0.25) is 5.95 Å². The molecule has 4 heterocycles. The summed E-state index contributed by atoms with van der Waals surface area (Å²) in [7, 11) is 0. The monoisotopic (exact) mass is 491 g/mol. The van der Waals surface area contributed by atoms with Gasteiger partial charge in [0.25, 0.3) is 0 Å². The number of piperidine rings is 1. The highest BCUT2D eigenvalue weighted by atomic mass is 19.1. The van der Waals surface area contributed by atoms with E-state index in [9.17, 15) is 13.9 Å². The average molecular weight is 492 g/mol. The lowest BCUT2D eigenvalue weighted by molar-refractivity contribution is 0.0785. The fourth-order valence-corrected chi connectivity index (χ4v) is 4.98. The van der Waals surface area contributed by atoms with Crippen LogP contribution in [-0.4, -0.2) is 49.9 Å². The Labute approximate surface area is 206 Å². The van der Waals surface area contributed by atoms with Crippen molar-refractivity contribution in [2.24, 2.45) is 11.7 Å². The van der Waals surface area contributed by atoms with Crippen LogP contribution in [0.5, 0.6) is 0 Å². The molecule has 4 N–H and O–H groups in total. The maximum Gasteiger partial charge on any atom is 0.229 e. The van der Waals surface area contributed by atoms with Gasteiger partial charge in [-0.3, -0.25) is 4.98 Å². The molecule has 0 unspecified atom stereocenters. The Morgan fingerprint density at radius 3 is 2.58 bits per heavy atom. The van der Waals surface area contributed by atoms with Crippen LogP contribution in [0.15, 0.2) is 48.9 Å². The fourth-order valence-electron chi connectivity index (χ4n) is 4.98. The molecule has 1 saturated heterocycles. The Hall–Kier alpha value is -3.63. The van der Waals surface area contributed by atoms with Crippen LogP contribution in [0.1, 0.15) is 31.2 Å². The minimum atomic E-state index is -0.620. The number of anilines is 3. The van der Waals surface area contributed by atoms with Gasteiger partial charge in [-0.25, -0.2) is 13.8 Å². The van der Waals surface area contributed by atoms with E-state index in [2.05, 4.69) is 25.3 Å². The van der Waals surface area contributed by atoms with E-state index in [1.165, 1.54) is 16.6 Å². The summed E-state index contributed by atoms with van der Waals surface area (Å²) in [5.41, 5.74) is 9.09. The summed E-state index contributed by atoms with van der Waals surface area (Å²) in [6.07, 6.45) is 6.37. The first-order valence-corrected chi connectivity index (χ1v) is 12.1. The summed E-state index contributed by atoms with van der Waals surface area (Å²) in [4.78, 5) is 10.8. The lowest BCUT2D eigenvalue weighted by Gasteiger charge is -2.40. The molecule has 1 aliphatic carbocycles. The highest BCUT2D eigenvalue weighted by molar-refractivity contribution is 5.74. The van der Waals surface area contributed by atoms with Gasteiger partial charge < -0.3 is 21.1 Å². The number of pyridine rings is 1. The Morgan fingerprint density at radius 2 is 1.86 bits per heavy atom. The first kappa shape index (κ1) is 22.8. The first-order chi connectivity index (χ1) is 17.4. The minimum absolute atomic E-state index is 0.00217. The lowest BCUT2D eigenvalue weighted by Crippen LogP contribution is -2.55. The summed E-state index contributed by atoms with van der Waals surface area (Å²) in [6, 6.07) is 7.65. The zero-order chi connectivity index (χ0) is 25.0. The molecule has 1 saturated carbocycles. The molecule has 2 aliphatic rings. The second-order valence-corrected chi connectivity index (χ2v) is 9.83. The van der Waals surface area contributed by atoms with E-state index in [1.807, 2.05) is 13.0 Å². The number of aliphatic hydroxyl groups is 1. The van der Waals surface area contributed by atoms with Gasteiger partial charge >= 0.3 is 0 Å². The Bertz CT molecular complexity index is 1400. The van der Waals surface area contributed by atoms with Gasteiger partial charge in [0.05, 0.1) is 46.6 Å². The number of nitrogens with one attached hydrogen (secondary N) is 1. The van der Waals surface area contributed by atoms with Crippen LogP contribution in [0, 0.1) is 17.6 Å². The molecule has 3 atom stereocenters. The topological polar surface area (TPSA) is 105 Å². The van der Waals surface area contributed by atoms with Crippen molar-refractivity contribution >= 4 is 22.8 Å². The molecule has 6 rings (SSSR count). The molecule has 36 heavy (non-hydrogen) atoms. The van der Waals surface area contributed by atoms with Crippen molar-refractivity contribution in [2.75, 3.05) is 23.3 Å². The van der Waals surface area contributed by atoms with Crippen molar-refractivity contribution in [1.29, 1.82) is 0 Å². The lowest BCUT2D eigenvalue weighted by atomic mass is 9.92. The summed E-state index contributed by atoms with van der Waals surface area (Å²) >= 11 is 0. The molecule has 2 fully saturated rings. The van der Waals surface area contributed by atoms with Crippen molar-refractivity contribution in [3.05, 3.63) is 66.1 Å². The van der Waals surface area contributed by atoms with Crippen LogP contribution in [0.3, 0.4) is 0 Å². The van der Waals surface area contributed by atoms with Crippen LogP contribution in [-0.2, 0) is 0 Å². The number of aliphatic hydroxyl groups excluding tert-OH is 1. The number of aromatic nitrogens is 4. The third kappa shape index (κ3) is 4.06. The van der Waals surface area contributed by atoms with Gasteiger partial charge in [0.15, 0.2) is 0 Å². The van der Waals surface area contributed by atoms with Crippen LogP contribution in [0.25, 0.3) is 16.8 Å². The zero-order valence-electron chi connectivity index (χ0n) is 19.8. The highest BCUT2D eigenvalue weighted by Gasteiger charge is 2.32. The van der Waals surface area contributed by atoms with Crippen molar-refractivity contribution in [2.45, 2.75) is 37.8 Å². The van der Waals surface area contributed by atoms with Gasteiger partial charge in [-0.1, -0.05) is 6.92 Å². The Balaban J connectivity index is 1.34. The van der Waals surface area contributed by atoms with Gasteiger partial charge in [-0.2, -0.15) is 9.61 Å². The maximum absolute atomic E-state index is 14.9.